The number of aliphatic carboxylic acids is 1. The number of carboxylic acid groups (broad SMARTS) is 1. The monoisotopic (exact) mass is 411 g/mol. The van der Waals surface area contributed by atoms with Crippen molar-refractivity contribution in [2.45, 2.75) is 45.3 Å². The standard InChI is InChI=1S/C24H29NO5/c1-24(2,3)30-23(29)19(15-17-12-8-5-9-13-17)21(26)18(20(25)22(27)28)14-16-10-6-4-7-11-16/h4-13,18-20H,14-15,25H2,1-3H3,(H,27,28). The van der Waals surface area contributed by atoms with Crippen molar-refractivity contribution in [2.75, 3.05) is 0 Å². The van der Waals surface area contributed by atoms with Crippen LogP contribution >= 0.6 is 0 Å². The third kappa shape index (κ3) is 6.81. The minimum absolute atomic E-state index is 0.117. The number of ketones is 1. The zero-order valence-electron chi connectivity index (χ0n) is 17.6. The van der Waals surface area contributed by atoms with Gasteiger partial charge in [0.15, 0.2) is 5.78 Å². The van der Waals surface area contributed by atoms with E-state index in [-0.39, 0.29) is 12.8 Å². The molecule has 0 aromatic heterocycles. The van der Waals surface area contributed by atoms with Gasteiger partial charge in [-0.1, -0.05) is 60.7 Å². The molecule has 0 spiro atoms. The molecule has 2 aromatic carbocycles. The highest BCUT2D eigenvalue weighted by Crippen LogP contribution is 2.23. The van der Waals surface area contributed by atoms with Gasteiger partial charge in [0, 0.05) is 5.92 Å². The highest BCUT2D eigenvalue weighted by Gasteiger charge is 2.40. The molecule has 0 aliphatic rings. The second kappa shape index (κ2) is 10.2. The van der Waals surface area contributed by atoms with Crippen molar-refractivity contribution >= 4 is 17.7 Å². The first kappa shape index (κ1) is 23.3. The van der Waals surface area contributed by atoms with Gasteiger partial charge in [-0.2, -0.15) is 0 Å². The molecule has 3 N–H and O–H groups in total. The van der Waals surface area contributed by atoms with E-state index in [1.807, 2.05) is 36.4 Å². The predicted molar refractivity (Wildman–Crippen MR) is 114 cm³/mol. The van der Waals surface area contributed by atoms with E-state index in [1.54, 1.807) is 45.0 Å². The van der Waals surface area contributed by atoms with Crippen molar-refractivity contribution in [1.82, 2.24) is 0 Å². The Kier molecular flexibility index (Phi) is 7.89. The van der Waals surface area contributed by atoms with Crippen LogP contribution in [0.15, 0.2) is 60.7 Å². The lowest BCUT2D eigenvalue weighted by Gasteiger charge is -2.27. The molecule has 0 radical (unpaired) electrons. The van der Waals surface area contributed by atoms with E-state index in [2.05, 4.69) is 0 Å². The number of ether oxygens (including phenoxy) is 1. The molecule has 0 bridgehead atoms. The van der Waals surface area contributed by atoms with Gasteiger partial charge in [-0.15, -0.1) is 0 Å². The molecule has 3 unspecified atom stereocenters. The molecule has 0 fully saturated rings. The largest absolute Gasteiger partial charge is 0.480 e. The number of benzene rings is 2. The molecule has 30 heavy (non-hydrogen) atoms. The fourth-order valence-electron chi connectivity index (χ4n) is 3.23. The Morgan fingerprint density at radius 3 is 1.80 bits per heavy atom. The first-order valence-electron chi connectivity index (χ1n) is 9.91. The van der Waals surface area contributed by atoms with Crippen molar-refractivity contribution in [1.29, 1.82) is 0 Å². The second-order valence-corrected chi connectivity index (χ2v) is 8.34. The van der Waals surface area contributed by atoms with E-state index in [1.165, 1.54) is 0 Å². The molecule has 6 heteroatoms. The van der Waals surface area contributed by atoms with Gasteiger partial charge in [-0.05, 0) is 44.7 Å². The Balaban J connectivity index is 2.38. The van der Waals surface area contributed by atoms with Crippen LogP contribution in [-0.2, 0) is 32.0 Å². The van der Waals surface area contributed by atoms with E-state index in [0.29, 0.717) is 0 Å². The number of hydrogen-bond donors (Lipinski definition) is 2. The van der Waals surface area contributed by atoms with Gasteiger partial charge in [0.25, 0.3) is 0 Å². The number of carboxylic acids is 1. The first-order chi connectivity index (χ1) is 14.1. The van der Waals surface area contributed by atoms with Crippen LogP contribution in [0.1, 0.15) is 31.9 Å². The van der Waals surface area contributed by atoms with Crippen molar-refractivity contribution in [3.8, 4) is 0 Å². The number of Topliss-reactive ketones (excluding diaryl/α,β-unsaturated/α-hetero) is 1. The minimum atomic E-state index is -1.43. The highest BCUT2D eigenvalue weighted by molar-refractivity contribution is 6.02. The summed E-state index contributed by atoms with van der Waals surface area (Å²) >= 11 is 0. The molecule has 3 atom stereocenters. The van der Waals surface area contributed by atoms with Crippen molar-refractivity contribution in [3.05, 3.63) is 71.8 Å². The predicted octanol–water partition coefficient (Wildman–Crippen LogP) is 3.03. The summed E-state index contributed by atoms with van der Waals surface area (Å²) in [6.07, 6.45) is 0.243. The van der Waals surface area contributed by atoms with Crippen LogP contribution < -0.4 is 5.73 Å². The second-order valence-electron chi connectivity index (χ2n) is 8.34. The van der Waals surface area contributed by atoms with E-state index in [9.17, 15) is 19.5 Å². The molecule has 0 heterocycles. The quantitative estimate of drug-likeness (QED) is 0.485. The summed E-state index contributed by atoms with van der Waals surface area (Å²) in [5.41, 5.74) is 6.67. The summed E-state index contributed by atoms with van der Waals surface area (Å²) in [5.74, 6) is -4.69. The molecular formula is C24H29NO5. The van der Waals surface area contributed by atoms with E-state index in [4.69, 9.17) is 10.5 Å². The summed E-state index contributed by atoms with van der Waals surface area (Å²) in [4.78, 5) is 38.0. The van der Waals surface area contributed by atoms with Crippen LogP contribution in [-0.4, -0.2) is 34.5 Å². The molecule has 160 valence electrons. The van der Waals surface area contributed by atoms with Crippen LogP contribution in [0, 0.1) is 11.8 Å². The maximum atomic E-state index is 13.5. The minimum Gasteiger partial charge on any atom is -0.480 e. The van der Waals surface area contributed by atoms with Crippen LogP contribution in [0.3, 0.4) is 0 Å². The third-order valence-corrected chi connectivity index (χ3v) is 4.70. The average Bonchev–Trinajstić information content (AvgIpc) is 2.69. The number of carbonyl (C=O) groups is 3. The SMILES string of the molecule is CC(C)(C)OC(=O)C(Cc1ccccc1)C(=O)C(Cc1ccccc1)C(N)C(=O)O. The Labute approximate surface area is 177 Å². The maximum Gasteiger partial charge on any atom is 0.321 e. The molecule has 0 saturated carbocycles. The summed E-state index contributed by atoms with van der Waals surface area (Å²) in [6, 6.07) is 16.7. The zero-order valence-corrected chi connectivity index (χ0v) is 17.6. The number of carbonyl (C=O) groups excluding carboxylic acids is 2. The fraction of sp³-hybridized carbons (Fsp3) is 0.375. The summed E-state index contributed by atoms with van der Waals surface area (Å²) in [5, 5.41) is 9.48. The number of rotatable bonds is 9. The number of hydrogen-bond acceptors (Lipinski definition) is 5. The lowest BCUT2D eigenvalue weighted by atomic mass is 9.81. The molecule has 0 saturated heterocycles. The molecule has 0 amide bonds. The Morgan fingerprint density at radius 2 is 1.37 bits per heavy atom. The van der Waals surface area contributed by atoms with Crippen LogP contribution in [0.2, 0.25) is 0 Å². The third-order valence-electron chi connectivity index (χ3n) is 4.70. The Morgan fingerprint density at radius 1 is 0.900 bits per heavy atom. The van der Waals surface area contributed by atoms with Gasteiger partial charge in [-0.3, -0.25) is 14.4 Å². The van der Waals surface area contributed by atoms with Gasteiger partial charge >= 0.3 is 11.9 Å². The molecule has 6 nitrogen and oxygen atoms in total. The van der Waals surface area contributed by atoms with Gasteiger partial charge in [0.05, 0.1) is 0 Å². The van der Waals surface area contributed by atoms with Gasteiger partial charge in [0.2, 0.25) is 0 Å². The van der Waals surface area contributed by atoms with Crippen LogP contribution in [0.5, 0.6) is 0 Å². The lowest BCUT2D eigenvalue weighted by Crippen LogP contribution is -2.47. The number of nitrogens with two attached hydrogens (primary N) is 1. The topological polar surface area (TPSA) is 107 Å². The normalized spacial score (nSPS) is 14.4. The summed E-state index contributed by atoms with van der Waals surface area (Å²) in [6.45, 7) is 5.16. The van der Waals surface area contributed by atoms with E-state index in [0.717, 1.165) is 11.1 Å². The summed E-state index contributed by atoms with van der Waals surface area (Å²) < 4.78 is 5.49. The van der Waals surface area contributed by atoms with Crippen LogP contribution in [0.4, 0.5) is 0 Å². The van der Waals surface area contributed by atoms with Crippen molar-refractivity contribution in [3.63, 3.8) is 0 Å². The first-order valence-corrected chi connectivity index (χ1v) is 9.91. The Bertz CT molecular complexity index is 858. The molecule has 2 aromatic rings. The smallest absolute Gasteiger partial charge is 0.321 e. The van der Waals surface area contributed by atoms with Gasteiger partial charge < -0.3 is 15.6 Å². The van der Waals surface area contributed by atoms with Crippen molar-refractivity contribution in [2.24, 2.45) is 17.6 Å². The maximum absolute atomic E-state index is 13.5. The van der Waals surface area contributed by atoms with E-state index < -0.39 is 41.2 Å². The fourth-order valence-corrected chi connectivity index (χ4v) is 3.23. The molecule has 0 aliphatic carbocycles. The molecule has 0 aliphatic heterocycles. The van der Waals surface area contributed by atoms with Gasteiger partial charge in [0.1, 0.15) is 17.6 Å². The summed E-state index contributed by atoms with van der Waals surface area (Å²) in [7, 11) is 0. The molecule has 2 rings (SSSR count). The lowest BCUT2D eigenvalue weighted by molar-refractivity contribution is -0.163. The average molecular weight is 411 g/mol. The highest BCUT2D eigenvalue weighted by atomic mass is 16.6. The van der Waals surface area contributed by atoms with Gasteiger partial charge in [-0.25, -0.2) is 0 Å². The van der Waals surface area contributed by atoms with E-state index >= 15 is 0 Å². The van der Waals surface area contributed by atoms with Crippen LogP contribution in [0.25, 0.3) is 0 Å². The Hall–Kier alpha value is -2.99. The molecular weight excluding hydrogens is 382 g/mol. The van der Waals surface area contributed by atoms with Crippen molar-refractivity contribution < 1.29 is 24.2 Å². The number of esters is 1. The zero-order chi connectivity index (χ0) is 22.3.